The van der Waals surface area contributed by atoms with E-state index in [9.17, 15) is 14.6 Å². The van der Waals surface area contributed by atoms with E-state index in [0.29, 0.717) is 0 Å². The largest absolute Gasteiger partial charge is 0.508 e. The average molecular weight is 289 g/mol. The van der Waals surface area contributed by atoms with Gasteiger partial charge >= 0.3 is 0 Å². The Morgan fingerprint density at radius 3 is 2.14 bits per heavy atom. The lowest BCUT2D eigenvalue weighted by atomic mass is 10.0. The van der Waals surface area contributed by atoms with E-state index < -0.39 is 0 Å². The SMILES string of the molecule is CC(Cc1ccc(F)cc1)NC(C)c1cc(O)cc(O)c1. The molecule has 112 valence electrons. The highest BCUT2D eigenvalue weighted by atomic mass is 19.1. The molecule has 3 N–H and O–H groups in total. The van der Waals surface area contributed by atoms with Crippen LogP contribution in [0.1, 0.15) is 31.0 Å². The van der Waals surface area contributed by atoms with Gasteiger partial charge in [0, 0.05) is 18.2 Å². The van der Waals surface area contributed by atoms with Crippen molar-refractivity contribution in [3.63, 3.8) is 0 Å². The Morgan fingerprint density at radius 2 is 1.57 bits per heavy atom. The van der Waals surface area contributed by atoms with Crippen LogP contribution in [-0.4, -0.2) is 16.3 Å². The van der Waals surface area contributed by atoms with Gasteiger partial charge in [0.1, 0.15) is 17.3 Å². The highest BCUT2D eigenvalue weighted by molar-refractivity contribution is 5.38. The lowest BCUT2D eigenvalue weighted by Crippen LogP contribution is -2.30. The van der Waals surface area contributed by atoms with Crippen molar-refractivity contribution in [3.8, 4) is 11.5 Å². The van der Waals surface area contributed by atoms with E-state index in [1.807, 2.05) is 13.8 Å². The zero-order valence-corrected chi connectivity index (χ0v) is 12.2. The van der Waals surface area contributed by atoms with Gasteiger partial charge in [-0.3, -0.25) is 0 Å². The van der Waals surface area contributed by atoms with Crippen LogP contribution in [0.25, 0.3) is 0 Å². The monoisotopic (exact) mass is 289 g/mol. The lowest BCUT2D eigenvalue weighted by molar-refractivity contribution is 0.439. The number of phenols is 2. The molecule has 0 aromatic heterocycles. The molecule has 2 aromatic carbocycles. The Kier molecular flexibility index (Phi) is 4.81. The van der Waals surface area contributed by atoms with Gasteiger partial charge in [-0.1, -0.05) is 12.1 Å². The fourth-order valence-corrected chi connectivity index (χ4v) is 2.42. The summed E-state index contributed by atoms with van der Waals surface area (Å²) in [4.78, 5) is 0. The van der Waals surface area contributed by atoms with Gasteiger partial charge in [-0.2, -0.15) is 0 Å². The minimum absolute atomic E-state index is 0.0153. The first-order valence-electron chi connectivity index (χ1n) is 6.97. The fourth-order valence-electron chi connectivity index (χ4n) is 2.42. The quantitative estimate of drug-likeness (QED) is 0.789. The van der Waals surface area contributed by atoms with Crippen LogP contribution in [0.3, 0.4) is 0 Å². The predicted molar refractivity (Wildman–Crippen MR) is 80.9 cm³/mol. The molecule has 0 saturated carbocycles. The Hall–Kier alpha value is -2.07. The van der Waals surface area contributed by atoms with E-state index in [-0.39, 0.29) is 29.4 Å². The van der Waals surface area contributed by atoms with Gasteiger partial charge in [0.25, 0.3) is 0 Å². The number of hydrogen-bond donors (Lipinski definition) is 3. The Morgan fingerprint density at radius 1 is 1.00 bits per heavy atom. The standard InChI is InChI=1S/C17H20FNO2/c1-11(7-13-3-5-15(18)6-4-13)19-12(2)14-8-16(20)10-17(21)9-14/h3-6,8-12,19-21H,7H2,1-2H3. The van der Waals surface area contributed by atoms with Crippen LogP contribution >= 0.6 is 0 Å². The molecule has 2 unspecified atom stereocenters. The second kappa shape index (κ2) is 6.59. The summed E-state index contributed by atoms with van der Waals surface area (Å²) in [7, 11) is 0. The van der Waals surface area contributed by atoms with Gasteiger partial charge < -0.3 is 15.5 Å². The fraction of sp³-hybridized carbons (Fsp3) is 0.294. The van der Waals surface area contributed by atoms with Crippen molar-refractivity contribution in [1.82, 2.24) is 5.32 Å². The summed E-state index contributed by atoms with van der Waals surface area (Å²) in [5.74, 6) is -0.141. The Bertz CT molecular complexity index is 578. The van der Waals surface area contributed by atoms with Crippen molar-refractivity contribution in [3.05, 3.63) is 59.4 Å². The molecule has 0 amide bonds. The molecule has 0 fully saturated rings. The normalized spacial score (nSPS) is 13.9. The van der Waals surface area contributed by atoms with E-state index in [0.717, 1.165) is 17.5 Å². The lowest BCUT2D eigenvalue weighted by Gasteiger charge is -2.21. The zero-order valence-electron chi connectivity index (χ0n) is 12.2. The third-order valence-corrected chi connectivity index (χ3v) is 3.41. The topological polar surface area (TPSA) is 52.5 Å². The maximum Gasteiger partial charge on any atom is 0.123 e. The van der Waals surface area contributed by atoms with Gasteiger partial charge in [-0.15, -0.1) is 0 Å². The van der Waals surface area contributed by atoms with Crippen LogP contribution in [0.15, 0.2) is 42.5 Å². The average Bonchev–Trinajstić information content (AvgIpc) is 2.40. The highest BCUT2D eigenvalue weighted by Crippen LogP contribution is 2.25. The molecule has 0 aliphatic heterocycles. The Labute approximate surface area is 124 Å². The van der Waals surface area contributed by atoms with E-state index in [1.165, 1.54) is 18.2 Å². The third-order valence-electron chi connectivity index (χ3n) is 3.41. The van der Waals surface area contributed by atoms with Crippen LogP contribution in [0.2, 0.25) is 0 Å². The molecule has 0 spiro atoms. The first-order chi connectivity index (χ1) is 9.94. The molecule has 2 atom stereocenters. The zero-order chi connectivity index (χ0) is 15.4. The molecular formula is C17H20FNO2. The molecule has 2 aromatic rings. The molecule has 21 heavy (non-hydrogen) atoms. The number of nitrogens with one attached hydrogen (secondary N) is 1. The van der Waals surface area contributed by atoms with Crippen molar-refractivity contribution in [1.29, 1.82) is 0 Å². The second-order valence-electron chi connectivity index (χ2n) is 5.40. The van der Waals surface area contributed by atoms with E-state index >= 15 is 0 Å². The molecule has 4 heteroatoms. The maximum atomic E-state index is 12.9. The summed E-state index contributed by atoms with van der Waals surface area (Å²) >= 11 is 0. The highest BCUT2D eigenvalue weighted by Gasteiger charge is 2.12. The molecule has 0 saturated heterocycles. The van der Waals surface area contributed by atoms with Crippen molar-refractivity contribution in [2.45, 2.75) is 32.4 Å². The minimum atomic E-state index is -0.233. The summed E-state index contributed by atoms with van der Waals surface area (Å²) in [5, 5.41) is 22.4. The molecule has 0 heterocycles. The molecule has 0 radical (unpaired) electrons. The van der Waals surface area contributed by atoms with Crippen molar-refractivity contribution < 1.29 is 14.6 Å². The first-order valence-corrected chi connectivity index (χ1v) is 6.97. The Balaban J connectivity index is 1.98. The summed E-state index contributed by atoms with van der Waals surface area (Å²) in [6, 6.07) is 11.2. The van der Waals surface area contributed by atoms with Crippen LogP contribution in [0.4, 0.5) is 4.39 Å². The van der Waals surface area contributed by atoms with Crippen LogP contribution < -0.4 is 5.32 Å². The van der Waals surface area contributed by atoms with Crippen molar-refractivity contribution in [2.75, 3.05) is 0 Å². The summed E-state index contributed by atoms with van der Waals surface area (Å²) in [5.41, 5.74) is 1.88. The third kappa shape index (κ3) is 4.46. The predicted octanol–water partition coefficient (Wildman–Crippen LogP) is 3.52. The number of aromatic hydroxyl groups is 2. The maximum absolute atomic E-state index is 12.9. The number of phenolic OH excluding ortho intramolecular Hbond substituents is 2. The summed E-state index contributed by atoms with van der Waals surface area (Å²) in [6.07, 6.45) is 0.773. The van der Waals surface area contributed by atoms with Crippen molar-refractivity contribution in [2.24, 2.45) is 0 Å². The van der Waals surface area contributed by atoms with Gasteiger partial charge in [0.15, 0.2) is 0 Å². The number of rotatable bonds is 5. The summed E-state index contributed by atoms with van der Waals surface area (Å²) in [6.45, 7) is 4.01. The smallest absolute Gasteiger partial charge is 0.123 e. The van der Waals surface area contributed by atoms with E-state index in [4.69, 9.17) is 0 Å². The number of hydrogen-bond acceptors (Lipinski definition) is 3. The molecule has 0 aliphatic rings. The van der Waals surface area contributed by atoms with E-state index in [2.05, 4.69) is 5.32 Å². The molecule has 0 bridgehead atoms. The molecular weight excluding hydrogens is 269 g/mol. The van der Waals surface area contributed by atoms with E-state index in [1.54, 1.807) is 24.3 Å². The van der Waals surface area contributed by atoms with Crippen LogP contribution in [0, 0.1) is 5.82 Å². The molecule has 3 nitrogen and oxygen atoms in total. The van der Waals surface area contributed by atoms with Crippen LogP contribution in [-0.2, 0) is 6.42 Å². The first kappa shape index (κ1) is 15.3. The number of benzene rings is 2. The second-order valence-corrected chi connectivity index (χ2v) is 5.40. The van der Waals surface area contributed by atoms with Gasteiger partial charge in [0.05, 0.1) is 0 Å². The molecule has 2 rings (SSSR count). The van der Waals surface area contributed by atoms with Gasteiger partial charge in [-0.05, 0) is 55.7 Å². The summed E-state index contributed by atoms with van der Waals surface area (Å²) < 4.78 is 12.9. The van der Waals surface area contributed by atoms with Crippen LogP contribution in [0.5, 0.6) is 11.5 Å². The minimum Gasteiger partial charge on any atom is -0.508 e. The van der Waals surface area contributed by atoms with Gasteiger partial charge in [-0.25, -0.2) is 4.39 Å². The molecule has 0 aliphatic carbocycles. The van der Waals surface area contributed by atoms with Crippen molar-refractivity contribution >= 4 is 0 Å². The van der Waals surface area contributed by atoms with Gasteiger partial charge in [0.2, 0.25) is 0 Å². The number of halogens is 1.